The van der Waals surface area contributed by atoms with Crippen LogP contribution in [0.15, 0.2) is 65.4 Å². The molecule has 0 bridgehead atoms. The van der Waals surface area contributed by atoms with Crippen LogP contribution in [0.2, 0.25) is 0 Å². The molecule has 0 aliphatic rings. The lowest BCUT2D eigenvalue weighted by atomic mass is 10.0. The highest BCUT2D eigenvalue weighted by atomic mass is 79.9. The van der Waals surface area contributed by atoms with E-state index >= 15 is 0 Å². The van der Waals surface area contributed by atoms with Gasteiger partial charge in [0, 0.05) is 29.5 Å². The molecular weight excluding hydrogens is 408 g/mol. The summed E-state index contributed by atoms with van der Waals surface area (Å²) in [6.07, 6.45) is 3.21. The van der Waals surface area contributed by atoms with Gasteiger partial charge in [-0.15, -0.1) is 0 Å². The number of hydrogen-bond donors (Lipinski definition) is 1. The minimum absolute atomic E-state index is 0.206. The van der Waals surface area contributed by atoms with Crippen molar-refractivity contribution in [3.63, 3.8) is 0 Å². The quantitative estimate of drug-likeness (QED) is 0.631. The van der Waals surface area contributed by atoms with Crippen LogP contribution in [-0.2, 0) is 6.61 Å². The maximum Gasteiger partial charge on any atom is 0.253 e. The molecule has 0 radical (unpaired) electrons. The number of amides is 1. The molecule has 0 saturated heterocycles. The SMILES string of the molecule is CNC(=O)c1cncc(Br)c1-c1ccc(OCc2ccccc2)c(OC)c1. The van der Waals surface area contributed by atoms with E-state index in [-0.39, 0.29) is 5.91 Å². The second-order valence-corrected chi connectivity index (χ2v) is 6.62. The van der Waals surface area contributed by atoms with Crippen molar-refractivity contribution in [2.75, 3.05) is 14.2 Å². The fourth-order valence-corrected chi connectivity index (χ4v) is 3.27. The number of hydrogen-bond acceptors (Lipinski definition) is 4. The molecule has 3 rings (SSSR count). The van der Waals surface area contributed by atoms with Crippen LogP contribution >= 0.6 is 15.9 Å². The van der Waals surface area contributed by atoms with E-state index in [2.05, 4.69) is 26.2 Å². The van der Waals surface area contributed by atoms with E-state index in [0.717, 1.165) is 21.2 Å². The summed E-state index contributed by atoms with van der Waals surface area (Å²) in [7, 11) is 3.18. The molecule has 0 aliphatic heterocycles. The van der Waals surface area contributed by atoms with E-state index in [1.807, 2.05) is 48.5 Å². The van der Waals surface area contributed by atoms with Gasteiger partial charge in [0.2, 0.25) is 0 Å². The Morgan fingerprint density at radius 2 is 1.89 bits per heavy atom. The van der Waals surface area contributed by atoms with Gasteiger partial charge in [-0.3, -0.25) is 9.78 Å². The third-order valence-electron chi connectivity index (χ3n) is 4.06. The lowest BCUT2D eigenvalue weighted by molar-refractivity contribution is 0.0963. The van der Waals surface area contributed by atoms with Gasteiger partial charge in [-0.05, 0) is 39.2 Å². The van der Waals surface area contributed by atoms with Crippen LogP contribution in [0.4, 0.5) is 0 Å². The first-order valence-electron chi connectivity index (χ1n) is 8.34. The Kier molecular flexibility index (Phi) is 6.08. The molecule has 0 fully saturated rings. The van der Waals surface area contributed by atoms with Gasteiger partial charge in [0.15, 0.2) is 11.5 Å². The number of rotatable bonds is 6. The number of ether oxygens (including phenoxy) is 2. The van der Waals surface area contributed by atoms with Gasteiger partial charge in [-0.25, -0.2) is 0 Å². The lowest BCUT2D eigenvalue weighted by Crippen LogP contribution is -2.19. The van der Waals surface area contributed by atoms with Crippen LogP contribution in [0.25, 0.3) is 11.1 Å². The summed E-state index contributed by atoms with van der Waals surface area (Å²) < 4.78 is 12.1. The zero-order valence-corrected chi connectivity index (χ0v) is 16.6. The Morgan fingerprint density at radius 3 is 2.59 bits per heavy atom. The van der Waals surface area contributed by atoms with Gasteiger partial charge in [0.1, 0.15) is 6.61 Å². The second-order valence-electron chi connectivity index (χ2n) is 5.76. The molecule has 0 unspecified atom stereocenters. The number of carbonyl (C=O) groups is 1. The molecular formula is C21H19BrN2O3. The normalized spacial score (nSPS) is 10.3. The summed E-state index contributed by atoms with van der Waals surface area (Å²) in [6, 6.07) is 15.5. The minimum atomic E-state index is -0.206. The molecule has 5 nitrogen and oxygen atoms in total. The van der Waals surface area contributed by atoms with Crippen molar-refractivity contribution in [3.8, 4) is 22.6 Å². The molecule has 1 aromatic heterocycles. The highest BCUT2D eigenvalue weighted by Crippen LogP contribution is 2.37. The van der Waals surface area contributed by atoms with Crippen molar-refractivity contribution in [2.45, 2.75) is 6.61 Å². The molecule has 1 heterocycles. The highest BCUT2D eigenvalue weighted by molar-refractivity contribution is 9.10. The van der Waals surface area contributed by atoms with E-state index in [1.165, 1.54) is 0 Å². The van der Waals surface area contributed by atoms with Crippen molar-refractivity contribution >= 4 is 21.8 Å². The topological polar surface area (TPSA) is 60.5 Å². The van der Waals surface area contributed by atoms with E-state index in [9.17, 15) is 4.79 Å². The standard InChI is InChI=1S/C21H19BrN2O3/c1-23-21(25)16-11-24-12-17(22)20(16)15-8-9-18(19(10-15)26-2)27-13-14-6-4-3-5-7-14/h3-12H,13H2,1-2H3,(H,23,25). The molecule has 1 N–H and O–H groups in total. The lowest BCUT2D eigenvalue weighted by Gasteiger charge is -2.15. The summed E-state index contributed by atoms with van der Waals surface area (Å²) in [5, 5.41) is 2.64. The van der Waals surface area contributed by atoms with Crippen LogP contribution in [-0.4, -0.2) is 25.0 Å². The van der Waals surface area contributed by atoms with Crippen LogP contribution in [0.3, 0.4) is 0 Å². The first-order valence-corrected chi connectivity index (χ1v) is 9.14. The highest BCUT2D eigenvalue weighted by Gasteiger charge is 2.17. The first kappa shape index (κ1) is 18.9. The Balaban J connectivity index is 1.94. The molecule has 0 spiro atoms. The van der Waals surface area contributed by atoms with Crippen molar-refractivity contribution in [1.82, 2.24) is 10.3 Å². The van der Waals surface area contributed by atoms with Gasteiger partial charge < -0.3 is 14.8 Å². The zero-order valence-electron chi connectivity index (χ0n) is 15.0. The molecule has 0 saturated carbocycles. The average molecular weight is 427 g/mol. The smallest absolute Gasteiger partial charge is 0.253 e. The van der Waals surface area contributed by atoms with Gasteiger partial charge in [-0.1, -0.05) is 36.4 Å². The molecule has 27 heavy (non-hydrogen) atoms. The van der Waals surface area contributed by atoms with Crippen molar-refractivity contribution in [3.05, 3.63) is 76.5 Å². The predicted octanol–water partition coefficient (Wildman–Crippen LogP) is 4.46. The number of pyridine rings is 1. The van der Waals surface area contributed by atoms with Crippen LogP contribution in [0.1, 0.15) is 15.9 Å². The largest absolute Gasteiger partial charge is 0.493 e. The van der Waals surface area contributed by atoms with Crippen LogP contribution in [0.5, 0.6) is 11.5 Å². The molecule has 3 aromatic rings. The maximum atomic E-state index is 12.2. The van der Waals surface area contributed by atoms with E-state index in [0.29, 0.717) is 23.7 Å². The predicted molar refractivity (Wildman–Crippen MR) is 108 cm³/mol. The van der Waals surface area contributed by atoms with Crippen LogP contribution < -0.4 is 14.8 Å². The summed E-state index contributed by atoms with van der Waals surface area (Å²) in [4.78, 5) is 16.3. The molecule has 1 amide bonds. The van der Waals surface area contributed by atoms with E-state index in [1.54, 1.807) is 26.6 Å². The first-order chi connectivity index (χ1) is 13.1. The van der Waals surface area contributed by atoms with Gasteiger partial charge >= 0.3 is 0 Å². The average Bonchev–Trinajstić information content (AvgIpc) is 2.72. The molecule has 0 aliphatic carbocycles. The second kappa shape index (κ2) is 8.68. The van der Waals surface area contributed by atoms with Crippen molar-refractivity contribution in [2.24, 2.45) is 0 Å². The van der Waals surface area contributed by atoms with Gasteiger partial charge in [-0.2, -0.15) is 0 Å². The van der Waals surface area contributed by atoms with E-state index < -0.39 is 0 Å². The van der Waals surface area contributed by atoms with Gasteiger partial charge in [0.25, 0.3) is 5.91 Å². The van der Waals surface area contributed by atoms with Crippen molar-refractivity contribution < 1.29 is 14.3 Å². The number of methoxy groups -OCH3 is 1. The summed E-state index contributed by atoms with van der Waals surface area (Å²) >= 11 is 3.49. The Hall–Kier alpha value is -2.86. The fraction of sp³-hybridized carbons (Fsp3) is 0.143. The molecule has 0 atom stereocenters. The number of nitrogens with zero attached hydrogens (tertiary/aromatic N) is 1. The number of carbonyl (C=O) groups excluding carboxylic acids is 1. The zero-order chi connectivity index (χ0) is 19.2. The number of halogens is 1. The Morgan fingerprint density at radius 1 is 1.11 bits per heavy atom. The third-order valence-corrected chi connectivity index (χ3v) is 4.66. The Bertz CT molecular complexity index is 945. The summed E-state index contributed by atoms with van der Waals surface area (Å²) in [5.74, 6) is 1.02. The molecule has 138 valence electrons. The summed E-state index contributed by atoms with van der Waals surface area (Å²) in [6.45, 7) is 0.443. The van der Waals surface area contributed by atoms with Gasteiger partial charge in [0.05, 0.1) is 12.7 Å². The minimum Gasteiger partial charge on any atom is -0.493 e. The fourth-order valence-electron chi connectivity index (χ4n) is 2.71. The Labute approximate surface area is 166 Å². The number of nitrogens with one attached hydrogen (secondary N) is 1. The van der Waals surface area contributed by atoms with E-state index in [4.69, 9.17) is 9.47 Å². The summed E-state index contributed by atoms with van der Waals surface area (Å²) in [5.41, 5.74) is 3.12. The molecule has 6 heteroatoms. The maximum absolute atomic E-state index is 12.2. The number of benzene rings is 2. The number of aromatic nitrogens is 1. The van der Waals surface area contributed by atoms with Crippen molar-refractivity contribution in [1.29, 1.82) is 0 Å². The van der Waals surface area contributed by atoms with Crippen LogP contribution in [0, 0.1) is 0 Å². The monoisotopic (exact) mass is 426 g/mol. The third kappa shape index (κ3) is 4.28. The molecule has 2 aromatic carbocycles.